The lowest BCUT2D eigenvalue weighted by Crippen LogP contribution is -2.41. The molecule has 0 saturated carbocycles. The van der Waals surface area contributed by atoms with Gasteiger partial charge in [0.1, 0.15) is 19.1 Å². The van der Waals surface area contributed by atoms with Gasteiger partial charge < -0.3 is 14.6 Å². The second kappa shape index (κ2) is 2.21. The van der Waals surface area contributed by atoms with Crippen molar-refractivity contribution < 1.29 is 29.0 Å². The number of rotatable bonds is 1. The highest BCUT2D eigenvalue weighted by atomic mass is 16.6. The lowest BCUT2D eigenvalue weighted by atomic mass is 9.80. The maximum Gasteiger partial charge on any atom is 0.328 e. The van der Waals surface area contributed by atoms with E-state index in [1.165, 1.54) is 0 Å². The average Bonchev–Trinajstić information content (AvgIpc) is 2.55. The highest BCUT2D eigenvalue weighted by molar-refractivity contribution is 6.06. The van der Waals surface area contributed by atoms with Crippen LogP contribution in [0.15, 0.2) is 0 Å². The molecule has 1 N–H and O–H groups in total. The number of hydrogen-bond donors (Lipinski definition) is 1. The SMILES string of the molecule is O=C1OC[C@]2(C(=O)O)C(=O)OC[C@H]12. The van der Waals surface area contributed by atoms with E-state index in [-0.39, 0.29) is 6.61 Å². The summed E-state index contributed by atoms with van der Waals surface area (Å²) in [6, 6.07) is 0. The third-order valence-corrected chi connectivity index (χ3v) is 2.45. The predicted molar refractivity (Wildman–Crippen MR) is 35.5 cm³/mol. The van der Waals surface area contributed by atoms with E-state index in [4.69, 9.17) is 5.11 Å². The monoisotopic (exact) mass is 186 g/mol. The predicted octanol–water partition coefficient (Wildman–Crippen LogP) is -1.21. The van der Waals surface area contributed by atoms with Crippen LogP contribution < -0.4 is 0 Å². The molecule has 0 aromatic rings. The van der Waals surface area contributed by atoms with E-state index in [0.29, 0.717) is 0 Å². The number of hydrogen-bond acceptors (Lipinski definition) is 5. The molecule has 2 aliphatic rings. The van der Waals surface area contributed by atoms with Crippen molar-refractivity contribution in [3.05, 3.63) is 0 Å². The first kappa shape index (κ1) is 8.03. The van der Waals surface area contributed by atoms with Gasteiger partial charge in [0, 0.05) is 0 Å². The minimum absolute atomic E-state index is 0.191. The van der Waals surface area contributed by atoms with Gasteiger partial charge in [0.25, 0.3) is 0 Å². The Morgan fingerprint density at radius 1 is 1.46 bits per heavy atom. The van der Waals surface area contributed by atoms with Crippen LogP contribution in [0, 0.1) is 11.3 Å². The lowest BCUT2D eigenvalue weighted by molar-refractivity contribution is -0.161. The summed E-state index contributed by atoms with van der Waals surface area (Å²) in [5.41, 5.74) is -1.78. The molecule has 13 heavy (non-hydrogen) atoms. The Balaban J connectivity index is 2.47. The van der Waals surface area contributed by atoms with Crippen LogP contribution in [-0.2, 0) is 23.9 Å². The molecule has 2 aliphatic heterocycles. The summed E-state index contributed by atoms with van der Waals surface area (Å²) in [7, 11) is 0. The summed E-state index contributed by atoms with van der Waals surface area (Å²) in [5, 5.41) is 8.83. The van der Waals surface area contributed by atoms with E-state index in [0.717, 1.165) is 0 Å². The molecular formula is C7H6O6. The summed E-state index contributed by atoms with van der Waals surface area (Å²) < 4.78 is 9.07. The second-order valence-electron chi connectivity index (χ2n) is 3.04. The number of carboxylic acids is 1. The number of aliphatic carboxylic acids is 1. The summed E-state index contributed by atoms with van der Waals surface area (Å²) in [6.45, 7) is -0.603. The van der Waals surface area contributed by atoms with Crippen LogP contribution in [0.3, 0.4) is 0 Å². The highest BCUT2D eigenvalue weighted by Gasteiger charge is 2.67. The summed E-state index contributed by atoms with van der Waals surface area (Å²) in [4.78, 5) is 33.0. The van der Waals surface area contributed by atoms with Gasteiger partial charge in [-0.05, 0) is 0 Å². The molecule has 2 rings (SSSR count). The van der Waals surface area contributed by atoms with Gasteiger partial charge in [0.2, 0.25) is 5.41 Å². The van der Waals surface area contributed by atoms with Crippen molar-refractivity contribution in [3.8, 4) is 0 Å². The molecule has 0 aromatic carbocycles. The second-order valence-corrected chi connectivity index (χ2v) is 3.04. The molecule has 0 spiro atoms. The normalized spacial score (nSPS) is 36.8. The van der Waals surface area contributed by atoms with Gasteiger partial charge in [-0.3, -0.25) is 14.4 Å². The summed E-state index contributed by atoms with van der Waals surface area (Å²) >= 11 is 0. The Morgan fingerprint density at radius 3 is 2.69 bits per heavy atom. The van der Waals surface area contributed by atoms with Crippen molar-refractivity contribution in [2.24, 2.45) is 11.3 Å². The van der Waals surface area contributed by atoms with E-state index < -0.39 is 35.8 Å². The van der Waals surface area contributed by atoms with E-state index in [2.05, 4.69) is 9.47 Å². The maximum atomic E-state index is 11.1. The van der Waals surface area contributed by atoms with Gasteiger partial charge in [0.15, 0.2) is 0 Å². The molecule has 0 aromatic heterocycles. The number of carbonyl (C=O) groups is 3. The Labute approximate surface area is 72.4 Å². The van der Waals surface area contributed by atoms with Gasteiger partial charge in [-0.1, -0.05) is 0 Å². The molecule has 0 bridgehead atoms. The van der Waals surface area contributed by atoms with Gasteiger partial charge in [0.05, 0.1) is 0 Å². The fourth-order valence-corrected chi connectivity index (χ4v) is 1.58. The first-order valence-corrected chi connectivity index (χ1v) is 3.66. The average molecular weight is 186 g/mol. The van der Waals surface area contributed by atoms with Crippen molar-refractivity contribution in [1.82, 2.24) is 0 Å². The quantitative estimate of drug-likeness (QED) is 0.408. The number of cyclic esters (lactones) is 2. The molecule has 0 aliphatic carbocycles. The Bertz CT molecular complexity index is 308. The fourth-order valence-electron chi connectivity index (χ4n) is 1.58. The van der Waals surface area contributed by atoms with Crippen LogP contribution in [0.4, 0.5) is 0 Å². The first-order valence-electron chi connectivity index (χ1n) is 3.66. The van der Waals surface area contributed by atoms with Gasteiger partial charge in [-0.25, -0.2) is 0 Å². The molecule has 2 atom stereocenters. The van der Waals surface area contributed by atoms with Gasteiger partial charge in [-0.15, -0.1) is 0 Å². The third kappa shape index (κ3) is 0.746. The number of ether oxygens (including phenoxy) is 2. The zero-order chi connectivity index (χ0) is 9.64. The maximum absolute atomic E-state index is 11.1. The van der Waals surface area contributed by atoms with Crippen LogP contribution in [0.25, 0.3) is 0 Å². The van der Waals surface area contributed by atoms with Crippen LogP contribution in [0.5, 0.6) is 0 Å². The minimum Gasteiger partial charge on any atom is -0.480 e. The van der Waals surface area contributed by atoms with Crippen molar-refractivity contribution >= 4 is 17.9 Å². The third-order valence-electron chi connectivity index (χ3n) is 2.45. The molecule has 2 fully saturated rings. The Kier molecular flexibility index (Phi) is 1.37. The van der Waals surface area contributed by atoms with E-state index in [1.54, 1.807) is 0 Å². The topological polar surface area (TPSA) is 89.9 Å². The molecule has 0 unspecified atom stereocenters. The zero-order valence-corrected chi connectivity index (χ0v) is 6.48. The number of carboxylic acid groups (broad SMARTS) is 1. The minimum atomic E-state index is -1.78. The van der Waals surface area contributed by atoms with Crippen LogP contribution in [0.1, 0.15) is 0 Å². The Hall–Kier alpha value is -1.59. The molecule has 6 heteroatoms. The van der Waals surface area contributed by atoms with Gasteiger partial charge >= 0.3 is 17.9 Å². The molecule has 0 radical (unpaired) electrons. The molecule has 2 heterocycles. The molecular weight excluding hydrogens is 180 g/mol. The van der Waals surface area contributed by atoms with Crippen molar-refractivity contribution in [2.75, 3.05) is 13.2 Å². The zero-order valence-electron chi connectivity index (χ0n) is 6.48. The highest BCUT2D eigenvalue weighted by Crippen LogP contribution is 2.41. The van der Waals surface area contributed by atoms with E-state index in [9.17, 15) is 14.4 Å². The number of fused-ring (bicyclic) bond motifs is 1. The number of carbonyl (C=O) groups excluding carboxylic acids is 2. The van der Waals surface area contributed by atoms with Crippen LogP contribution in [-0.4, -0.2) is 36.2 Å². The standard InChI is InChI=1S/C7H6O6/c8-4-3-1-12-6(11)7(3,2-13-4)5(9)10/h3H,1-2H2,(H,9,10)/t3-,7+/m1/s1. The van der Waals surface area contributed by atoms with Crippen molar-refractivity contribution in [2.45, 2.75) is 0 Å². The van der Waals surface area contributed by atoms with E-state index >= 15 is 0 Å². The van der Waals surface area contributed by atoms with E-state index in [1.807, 2.05) is 0 Å². The largest absolute Gasteiger partial charge is 0.480 e. The Morgan fingerprint density at radius 2 is 2.15 bits per heavy atom. The molecule has 0 amide bonds. The fraction of sp³-hybridized carbons (Fsp3) is 0.571. The smallest absolute Gasteiger partial charge is 0.328 e. The van der Waals surface area contributed by atoms with Crippen LogP contribution in [0.2, 0.25) is 0 Å². The first-order chi connectivity index (χ1) is 6.09. The lowest BCUT2D eigenvalue weighted by Gasteiger charge is -2.12. The van der Waals surface area contributed by atoms with Crippen LogP contribution >= 0.6 is 0 Å². The molecule has 2 saturated heterocycles. The summed E-state index contributed by atoms with van der Waals surface area (Å²) in [6.07, 6.45) is 0. The molecule has 70 valence electrons. The van der Waals surface area contributed by atoms with Gasteiger partial charge in [-0.2, -0.15) is 0 Å². The number of esters is 2. The summed E-state index contributed by atoms with van der Waals surface area (Å²) in [5.74, 6) is -3.88. The van der Waals surface area contributed by atoms with Crippen molar-refractivity contribution in [1.29, 1.82) is 0 Å². The van der Waals surface area contributed by atoms with Crippen molar-refractivity contribution in [3.63, 3.8) is 0 Å². The molecule has 6 nitrogen and oxygen atoms in total.